The first-order chi connectivity index (χ1) is 8.15. The number of pyridine rings is 1. The van der Waals surface area contributed by atoms with Crippen molar-refractivity contribution in [1.29, 1.82) is 0 Å². The summed E-state index contributed by atoms with van der Waals surface area (Å²) in [6.45, 7) is 0. The summed E-state index contributed by atoms with van der Waals surface area (Å²) in [6.07, 6.45) is 9.25. The highest BCUT2D eigenvalue weighted by atomic mass is 79.9. The van der Waals surface area contributed by atoms with Crippen LogP contribution in [0.25, 0.3) is 11.8 Å². The highest BCUT2D eigenvalue weighted by Gasteiger charge is 2.00. The van der Waals surface area contributed by atoms with Crippen molar-refractivity contribution in [3.63, 3.8) is 0 Å². The molecule has 0 aliphatic rings. The number of carboxylic acid groups (broad SMARTS) is 1. The molecule has 0 saturated heterocycles. The quantitative estimate of drug-likeness (QED) is 0.880. The van der Waals surface area contributed by atoms with Crippen LogP contribution in [0.4, 0.5) is 0 Å². The molecule has 5 nitrogen and oxygen atoms in total. The monoisotopic (exact) mass is 293 g/mol. The summed E-state index contributed by atoms with van der Waals surface area (Å²) in [4.78, 5) is 14.4. The average molecular weight is 294 g/mol. The van der Waals surface area contributed by atoms with Crippen LogP contribution < -0.4 is 0 Å². The average Bonchev–Trinajstić information content (AvgIpc) is 2.74. The van der Waals surface area contributed by atoms with Gasteiger partial charge in [0.25, 0.3) is 0 Å². The summed E-state index contributed by atoms with van der Waals surface area (Å²) in [5.74, 6) is -0.989. The molecule has 0 unspecified atom stereocenters. The minimum Gasteiger partial charge on any atom is -0.478 e. The number of carboxylic acids is 1. The van der Waals surface area contributed by atoms with E-state index in [1.165, 1.54) is 6.08 Å². The van der Waals surface area contributed by atoms with Gasteiger partial charge in [0.15, 0.2) is 0 Å². The second-order valence-electron chi connectivity index (χ2n) is 3.25. The molecule has 0 aromatic carbocycles. The van der Waals surface area contributed by atoms with E-state index in [1.807, 2.05) is 0 Å². The maximum atomic E-state index is 10.4. The lowest BCUT2D eigenvalue weighted by Crippen LogP contribution is -1.95. The summed E-state index contributed by atoms with van der Waals surface area (Å²) in [5.41, 5.74) is 1.47. The van der Waals surface area contributed by atoms with Gasteiger partial charge < -0.3 is 5.11 Å². The van der Waals surface area contributed by atoms with Gasteiger partial charge in [0.2, 0.25) is 0 Å². The lowest BCUT2D eigenvalue weighted by atomic mass is 10.2. The first-order valence-corrected chi connectivity index (χ1v) is 5.51. The van der Waals surface area contributed by atoms with Crippen molar-refractivity contribution < 1.29 is 9.90 Å². The number of hydrogen-bond acceptors (Lipinski definition) is 3. The fraction of sp³-hybridized carbons (Fsp3) is 0. The van der Waals surface area contributed by atoms with Crippen molar-refractivity contribution in [3.05, 3.63) is 47.0 Å². The number of aliphatic carboxylic acids is 1. The predicted octanol–water partition coefficient (Wildman–Crippen LogP) is 2.13. The van der Waals surface area contributed by atoms with E-state index < -0.39 is 5.97 Å². The van der Waals surface area contributed by atoms with Gasteiger partial charge in [0.1, 0.15) is 0 Å². The number of carbonyl (C=O) groups is 1. The van der Waals surface area contributed by atoms with Gasteiger partial charge in [0, 0.05) is 18.5 Å². The summed E-state index contributed by atoms with van der Waals surface area (Å²) in [5, 5.41) is 12.6. The molecular weight excluding hydrogens is 286 g/mol. The van der Waals surface area contributed by atoms with Crippen molar-refractivity contribution >= 4 is 28.0 Å². The van der Waals surface area contributed by atoms with Crippen molar-refractivity contribution in [3.8, 4) is 5.69 Å². The van der Waals surface area contributed by atoms with Gasteiger partial charge in [-0.1, -0.05) is 0 Å². The number of nitrogens with zero attached hydrogens (tertiary/aromatic N) is 3. The van der Waals surface area contributed by atoms with Gasteiger partial charge in [-0.15, -0.1) is 0 Å². The second-order valence-corrected chi connectivity index (χ2v) is 4.17. The molecule has 0 amide bonds. The van der Waals surface area contributed by atoms with E-state index in [9.17, 15) is 4.79 Å². The highest BCUT2D eigenvalue weighted by Crippen LogP contribution is 2.13. The summed E-state index contributed by atoms with van der Waals surface area (Å²) in [7, 11) is 0. The molecule has 86 valence electrons. The molecule has 2 aromatic rings. The van der Waals surface area contributed by atoms with E-state index in [-0.39, 0.29) is 0 Å². The van der Waals surface area contributed by atoms with Gasteiger partial charge in [-0.2, -0.15) is 5.10 Å². The number of rotatable bonds is 3. The van der Waals surface area contributed by atoms with Crippen LogP contribution in [-0.4, -0.2) is 25.8 Å². The Morgan fingerprint density at radius 3 is 2.88 bits per heavy atom. The predicted molar refractivity (Wildman–Crippen MR) is 65.7 cm³/mol. The molecule has 0 spiro atoms. The smallest absolute Gasteiger partial charge is 0.328 e. The fourth-order valence-electron chi connectivity index (χ4n) is 1.27. The van der Waals surface area contributed by atoms with Crippen LogP contribution in [0.3, 0.4) is 0 Å². The van der Waals surface area contributed by atoms with Gasteiger partial charge in [-0.05, 0) is 33.6 Å². The van der Waals surface area contributed by atoms with Gasteiger partial charge in [-0.25, -0.2) is 9.48 Å². The van der Waals surface area contributed by atoms with Gasteiger partial charge in [0.05, 0.1) is 22.6 Å². The van der Waals surface area contributed by atoms with E-state index in [2.05, 4.69) is 26.0 Å². The largest absolute Gasteiger partial charge is 0.478 e. The highest BCUT2D eigenvalue weighted by molar-refractivity contribution is 9.10. The van der Waals surface area contributed by atoms with Crippen LogP contribution in [0.1, 0.15) is 5.56 Å². The third kappa shape index (κ3) is 3.01. The first-order valence-electron chi connectivity index (χ1n) is 4.72. The second kappa shape index (κ2) is 4.92. The standard InChI is InChI=1S/C11H8BrN3O2/c12-9-5-14-15(7-9)10-3-8(4-13-6-10)1-2-11(16)17/h1-7H,(H,16,17)/b2-1+. The minimum absolute atomic E-state index is 0.705. The zero-order chi connectivity index (χ0) is 12.3. The molecule has 2 aromatic heterocycles. The molecular formula is C11H8BrN3O2. The Morgan fingerprint density at radius 1 is 1.41 bits per heavy atom. The van der Waals surface area contributed by atoms with Crippen molar-refractivity contribution in [1.82, 2.24) is 14.8 Å². The lowest BCUT2D eigenvalue weighted by Gasteiger charge is -2.01. The molecule has 17 heavy (non-hydrogen) atoms. The summed E-state index contributed by atoms with van der Waals surface area (Å²) in [6, 6.07) is 1.80. The molecule has 0 aliphatic heterocycles. The topological polar surface area (TPSA) is 68.0 Å². The van der Waals surface area contributed by atoms with Crippen molar-refractivity contribution in [2.45, 2.75) is 0 Å². The zero-order valence-corrected chi connectivity index (χ0v) is 10.2. The van der Waals surface area contributed by atoms with Crippen LogP contribution in [0.2, 0.25) is 0 Å². The molecule has 0 atom stereocenters. The van der Waals surface area contributed by atoms with Crippen molar-refractivity contribution in [2.75, 3.05) is 0 Å². The van der Waals surface area contributed by atoms with Crippen LogP contribution >= 0.6 is 15.9 Å². The van der Waals surface area contributed by atoms with Crippen LogP contribution in [0, 0.1) is 0 Å². The molecule has 2 heterocycles. The maximum absolute atomic E-state index is 10.4. The van der Waals surface area contributed by atoms with E-state index in [0.29, 0.717) is 5.56 Å². The molecule has 1 N–H and O–H groups in total. The van der Waals surface area contributed by atoms with Crippen LogP contribution in [0.5, 0.6) is 0 Å². The molecule has 0 radical (unpaired) electrons. The van der Waals surface area contributed by atoms with Gasteiger partial charge >= 0.3 is 5.97 Å². The molecule has 0 aliphatic carbocycles. The van der Waals surface area contributed by atoms with Crippen molar-refractivity contribution in [2.24, 2.45) is 0 Å². The molecule has 0 saturated carbocycles. The van der Waals surface area contributed by atoms with E-state index in [1.54, 1.807) is 35.5 Å². The summed E-state index contributed by atoms with van der Waals surface area (Å²) >= 11 is 3.30. The third-order valence-corrected chi connectivity index (χ3v) is 2.39. The first kappa shape index (κ1) is 11.5. The Hall–Kier alpha value is -1.95. The number of halogens is 1. The van der Waals surface area contributed by atoms with E-state index in [0.717, 1.165) is 16.2 Å². The normalized spacial score (nSPS) is 10.9. The Kier molecular flexibility index (Phi) is 3.34. The lowest BCUT2D eigenvalue weighted by molar-refractivity contribution is -0.131. The van der Waals surface area contributed by atoms with Gasteiger partial charge in [-0.3, -0.25) is 4.98 Å². The molecule has 0 bridgehead atoms. The summed E-state index contributed by atoms with van der Waals surface area (Å²) < 4.78 is 2.51. The Bertz CT molecular complexity index is 578. The molecule has 2 rings (SSSR count). The maximum Gasteiger partial charge on any atom is 0.328 e. The Morgan fingerprint density at radius 2 is 2.24 bits per heavy atom. The minimum atomic E-state index is -0.989. The van der Waals surface area contributed by atoms with E-state index in [4.69, 9.17) is 5.11 Å². The zero-order valence-electron chi connectivity index (χ0n) is 8.62. The molecule has 0 fully saturated rings. The fourth-order valence-corrected chi connectivity index (χ4v) is 1.56. The number of aromatic nitrogens is 3. The van der Waals surface area contributed by atoms with Crippen LogP contribution in [-0.2, 0) is 4.79 Å². The third-order valence-electron chi connectivity index (χ3n) is 1.98. The molecule has 6 heteroatoms. The Balaban J connectivity index is 2.31. The Labute approximate surface area is 106 Å². The number of hydrogen-bond donors (Lipinski definition) is 1. The SMILES string of the molecule is O=C(O)/C=C/c1cncc(-n2cc(Br)cn2)c1. The van der Waals surface area contributed by atoms with Crippen LogP contribution in [0.15, 0.2) is 41.4 Å². The van der Waals surface area contributed by atoms with E-state index >= 15 is 0 Å².